The maximum atomic E-state index is 13.1. The highest BCUT2D eigenvalue weighted by Crippen LogP contribution is 2.19. The van der Waals surface area contributed by atoms with Crippen LogP contribution in [0.2, 0.25) is 0 Å². The Bertz CT molecular complexity index is 804. The lowest BCUT2D eigenvalue weighted by molar-refractivity contribution is -0.117. The molecule has 0 bridgehead atoms. The largest absolute Gasteiger partial charge is 0.360 e. The quantitative estimate of drug-likeness (QED) is 0.603. The third-order valence-corrected chi connectivity index (χ3v) is 4.77. The van der Waals surface area contributed by atoms with Crippen LogP contribution in [0, 0.1) is 6.92 Å². The topological polar surface area (TPSA) is 75.4 Å². The van der Waals surface area contributed by atoms with Crippen LogP contribution in [0.1, 0.15) is 75.1 Å². The van der Waals surface area contributed by atoms with Crippen molar-refractivity contribution < 1.29 is 14.1 Å². The summed E-state index contributed by atoms with van der Waals surface area (Å²) in [6.45, 7) is 9.64. The minimum absolute atomic E-state index is 0.0625. The van der Waals surface area contributed by atoms with Gasteiger partial charge >= 0.3 is 0 Å². The van der Waals surface area contributed by atoms with Crippen LogP contribution in [0.3, 0.4) is 0 Å². The highest BCUT2D eigenvalue weighted by Gasteiger charge is 2.29. The summed E-state index contributed by atoms with van der Waals surface area (Å²) in [6, 6.07) is 9.38. The number of amides is 2. The summed E-state index contributed by atoms with van der Waals surface area (Å²) >= 11 is 0. The van der Waals surface area contributed by atoms with Crippen LogP contribution in [0.5, 0.6) is 0 Å². The van der Waals surface area contributed by atoms with Gasteiger partial charge in [0.2, 0.25) is 5.91 Å². The van der Waals surface area contributed by atoms with Gasteiger partial charge in [0.1, 0.15) is 12.3 Å². The molecule has 29 heavy (non-hydrogen) atoms. The molecule has 2 amide bonds. The Morgan fingerprint density at radius 3 is 2.34 bits per heavy atom. The van der Waals surface area contributed by atoms with E-state index in [1.807, 2.05) is 45.0 Å². The van der Waals surface area contributed by atoms with Crippen molar-refractivity contribution in [3.05, 3.63) is 47.2 Å². The van der Waals surface area contributed by atoms with Gasteiger partial charge in [-0.3, -0.25) is 9.59 Å². The average molecular weight is 400 g/mol. The van der Waals surface area contributed by atoms with Crippen molar-refractivity contribution in [2.45, 2.75) is 72.3 Å². The van der Waals surface area contributed by atoms with Gasteiger partial charge in [-0.15, -0.1) is 0 Å². The first kappa shape index (κ1) is 22.7. The lowest BCUT2D eigenvalue weighted by Crippen LogP contribution is -2.49. The van der Waals surface area contributed by atoms with Gasteiger partial charge in [-0.1, -0.05) is 43.5 Å². The van der Waals surface area contributed by atoms with Crippen LogP contribution in [-0.4, -0.2) is 34.0 Å². The third-order valence-electron chi connectivity index (χ3n) is 4.77. The molecule has 0 radical (unpaired) electrons. The van der Waals surface area contributed by atoms with E-state index in [-0.39, 0.29) is 18.4 Å². The SMILES string of the molecule is CCCCCCc1ccc(C(=O)N(CC(=O)Nc2cc(C)on2)C(C)(C)C)cc1. The smallest absolute Gasteiger partial charge is 0.254 e. The van der Waals surface area contributed by atoms with Gasteiger partial charge in [0, 0.05) is 17.2 Å². The second-order valence-corrected chi connectivity index (χ2v) is 8.44. The highest BCUT2D eigenvalue weighted by atomic mass is 16.5. The molecule has 1 heterocycles. The molecule has 6 heteroatoms. The molecule has 1 N–H and O–H groups in total. The summed E-state index contributed by atoms with van der Waals surface area (Å²) in [5.41, 5.74) is 1.31. The Balaban J connectivity index is 2.03. The molecule has 0 fully saturated rings. The first-order valence-electron chi connectivity index (χ1n) is 10.3. The fourth-order valence-electron chi connectivity index (χ4n) is 3.09. The minimum atomic E-state index is -0.507. The van der Waals surface area contributed by atoms with E-state index < -0.39 is 5.54 Å². The van der Waals surface area contributed by atoms with E-state index in [9.17, 15) is 9.59 Å². The molecular formula is C23H33N3O3. The number of unbranched alkanes of at least 4 members (excludes halogenated alkanes) is 3. The normalized spacial score (nSPS) is 11.3. The molecule has 1 aromatic heterocycles. The minimum Gasteiger partial charge on any atom is -0.360 e. The summed E-state index contributed by atoms with van der Waals surface area (Å²) < 4.78 is 4.96. The fourth-order valence-corrected chi connectivity index (χ4v) is 3.09. The molecule has 0 aliphatic rings. The molecule has 0 saturated heterocycles. The monoisotopic (exact) mass is 399 g/mol. The van der Waals surface area contributed by atoms with Crippen molar-refractivity contribution in [2.24, 2.45) is 0 Å². The number of nitrogens with zero attached hydrogens (tertiary/aromatic N) is 2. The molecule has 0 aliphatic heterocycles. The van der Waals surface area contributed by atoms with Crippen LogP contribution >= 0.6 is 0 Å². The Morgan fingerprint density at radius 2 is 1.79 bits per heavy atom. The molecular weight excluding hydrogens is 366 g/mol. The fraction of sp³-hybridized carbons (Fsp3) is 0.522. The number of carbonyl (C=O) groups is 2. The zero-order valence-corrected chi connectivity index (χ0v) is 18.2. The maximum absolute atomic E-state index is 13.1. The van der Waals surface area contributed by atoms with Gasteiger partial charge < -0.3 is 14.7 Å². The van der Waals surface area contributed by atoms with E-state index in [0.717, 1.165) is 12.8 Å². The maximum Gasteiger partial charge on any atom is 0.254 e. The van der Waals surface area contributed by atoms with Gasteiger partial charge in [0.05, 0.1) is 0 Å². The van der Waals surface area contributed by atoms with Gasteiger partial charge in [-0.05, 0) is 58.2 Å². The molecule has 0 atom stereocenters. The zero-order chi connectivity index (χ0) is 21.4. The van der Waals surface area contributed by atoms with Crippen molar-refractivity contribution in [2.75, 3.05) is 11.9 Å². The second kappa shape index (κ2) is 10.2. The van der Waals surface area contributed by atoms with Crippen molar-refractivity contribution in [3.8, 4) is 0 Å². The molecule has 158 valence electrons. The summed E-state index contributed by atoms with van der Waals surface area (Å²) in [6.07, 6.45) is 5.90. The van der Waals surface area contributed by atoms with Crippen LogP contribution in [0.25, 0.3) is 0 Å². The summed E-state index contributed by atoms with van der Waals surface area (Å²) in [4.78, 5) is 27.1. The van der Waals surface area contributed by atoms with E-state index in [4.69, 9.17) is 4.52 Å². The first-order chi connectivity index (χ1) is 13.7. The van der Waals surface area contributed by atoms with Gasteiger partial charge in [-0.25, -0.2) is 0 Å². The van der Waals surface area contributed by atoms with Crippen molar-refractivity contribution in [3.63, 3.8) is 0 Å². The summed E-state index contributed by atoms with van der Waals surface area (Å²) in [5, 5.41) is 6.44. The number of hydrogen-bond donors (Lipinski definition) is 1. The van der Waals surface area contributed by atoms with Gasteiger partial charge in [-0.2, -0.15) is 0 Å². The summed E-state index contributed by atoms with van der Waals surface area (Å²) in [7, 11) is 0. The molecule has 6 nitrogen and oxygen atoms in total. The van der Waals surface area contributed by atoms with E-state index in [0.29, 0.717) is 17.1 Å². The lowest BCUT2D eigenvalue weighted by atomic mass is 10.0. The lowest BCUT2D eigenvalue weighted by Gasteiger charge is -2.35. The Kier molecular flexibility index (Phi) is 8.00. The van der Waals surface area contributed by atoms with Crippen molar-refractivity contribution in [1.29, 1.82) is 0 Å². The zero-order valence-electron chi connectivity index (χ0n) is 18.2. The van der Waals surface area contributed by atoms with Crippen LogP contribution in [0.4, 0.5) is 5.82 Å². The first-order valence-corrected chi connectivity index (χ1v) is 10.3. The van der Waals surface area contributed by atoms with Gasteiger partial charge in [0.25, 0.3) is 5.91 Å². The van der Waals surface area contributed by atoms with Crippen LogP contribution in [0.15, 0.2) is 34.9 Å². The second-order valence-electron chi connectivity index (χ2n) is 8.44. The molecule has 0 spiro atoms. The molecule has 0 aliphatic carbocycles. The van der Waals surface area contributed by atoms with E-state index in [1.165, 1.54) is 24.8 Å². The number of benzene rings is 1. The number of aryl methyl sites for hydroxylation is 2. The average Bonchev–Trinajstić information content (AvgIpc) is 3.07. The Hall–Kier alpha value is -2.63. The predicted octanol–water partition coefficient (Wildman–Crippen LogP) is 4.99. The molecule has 2 aromatic rings. The number of nitrogens with one attached hydrogen (secondary N) is 1. The van der Waals surface area contributed by atoms with E-state index in [2.05, 4.69) is 17.4 Å². The highest BCUT2D eigenvalue weighted by molar-refractivity contribution is 5.99. The number of carbonyl (C=O) groups excluding carboxylic acids is 2. The molecule has 1 aromatic carbocycles. The van der Waals surface area contributed by atoms with Crippen molar-refractivity contribution in [1.82, 2.24) is 10.1 Å². The number of hydrogen-bond acceptors (Lipinski definition) is 4. The third kappa shape index (κ3) is 7.04. The number of anilines is 1. The molecule has 0 unspecified atom stereocenters. The predicted molar refractivity (Wildman–Crippen MR) is 115 cm³/mol. The standard InChI is InChI=1S/C23H33N3O3/c1-6-7-8-9-10-18-11-13-19(14-12-18)22(28)26(23(3,4)5)16-21(27)24-20-15-17(2)29-25-20/h11-15H,6-10,16H2,1-5H3,(H,24,25,27). The Labute approximate surface area is 173 Å². The van der Waals surface area contributed by atoms with Crippen LogP contribution in [-0.2, 0) is 11.2 Å². The molecule has 2 rings (SSSR count). The Morgan fingerprint density at radius 1 is 1.10 bits per heavy atom. The van der Waals surface area contributed by atoms with Crippen LogP contribution < -0.4 is 5.32 Å². The van der Waals surface area contributed by atoms with E-state index >= 15 is 0 Å². The molecule has 0 saturated carbocycles. The van der Waals surface area contributed by atoms with E-state index in [1.54, 1.807) is 17.9 Å². The van der Waals surface area contributed by atoms with Gasteiger partial charge in [0.15, 0.2) is 5.82 Å². The number of rotatable bonds is 9. The summed E-state index contributed by atoms with van der Waals surface area (Å²) in [5.74, 6) is 0.482. The van der Waals surface area contributed by atoms with Crippen molar-refractivity contribution >= 4 is 17.6 Å². The number of aromatic nitrogens is 1.